The zero-order chi connectivity index (χ0) is 25.0. The van der Waals surface area contributed by atoms with E-state index in [0.29, 0.717) is 36.6 Å². The van der Waals surface area contributed by atoms with Crippen LogP contribution in [0.25, 0.3) is 11.1 Å². The van der Waals surface area contributed by atoms with E-state index >= 15 is 4.39 Å². The number of halogens is 2. The number of amides is 1. The van der Waals surface area contributed by atoms with Crippen molar-refractivity contribution in [1.82, 2.24) is 4.90 Å². The Hall–Kier alpha value is -3.21. The molecule has 35 heavy (non-hydrogen) atoms. The Morgan fingerprint density at radius 3 is 2.34 bits per heavy atom. The highest BCUT2D eigenvalue weighted by molar-refractivity contribution is 5.95. The van der Waals surface area contributed by atoms with Gasteiger partial charge in [0.15, 0.2) is 11.6 Å². The van der Waals surface area contributed by atoms with E-state index in [1.807, 2.05) is 4.90 Å². The summed E-state index contributed by atoms with van der Waals surface area (Å²) in [5.74, 6) is -0.315. The Bertz CT molecular complexity index is 1380. The molecular weight excluding hydrogens is 444 g/mol. The first-order valence-corrected chi connectivity index (χ1v) is 12.4. The average Bonchev–Trinajstić information content (AvgIpc) is 3.31. The number of hydrogen-bond acceptors (Lipinski definition) is 2. The zero-order valence-electron chi connectivity index (χ0n) is 21.1. The normalized spacial score (nSPS) is 14.5. The molecule has 0 saturated carbocycles. The van der Waals surface area contributed by atoms with Crippen molar-refractivity contribution in [2.75, 3.05) is 6.61 Å². The van der Waals surface area contributed by atoms with Gasteiger partial charge in [-0.1, -0.05) is 6.92 Å². The summed E-state index contributed by atoms with van der Waals surface area (Å²) in [4.78, 5) is 15.1. The molecule has 2 aliphatic heterocycles. The second-order valence-corrected chi connectivity index (χ2v) is 9.83. The molecule has 0 fully saturated rings. The standard InChI is InChI=1S/C30H31F2NO2/c1-6-21-17(3)24-14-33(30(34)20-9-10-26(31)16(2)12-20)15-25(24)19(5)28(21)23-13-27(32)29-22(18(23)4)8-7-11-35-29/h9-10,12-13H,6-8,11,14-15H2,1-5H3. The molecule has 0 radical (unpaired) electrons. The minimum atomic E-state index is -0.312. The molecule has 3 aromatic carbocycles. The van der Waals surface area contributed by atoms with Gasteiger partial charge in [-0.15, -0.1) is 0 Å². The maximum absolute atomic E-state index is 15.2. The number of nitrogens with zero attached hydrogens (tertiary/aromatic N) is 1. The molecule has 0 unspecified atom stereocenters. The summed E-state index contributed by atoms with van der Waals surface area (Å²) in [5, 5.41) is 0. The number of benzene rings is 3. The van der Waals surface area contributed by atoms with Gasteiger partial charge < -0.3 is 9.64 Å². The van der Waals surface area contributed by atoms with E-state index in [-0.39, 0.29) is 17.5 Å². The van der Waals surface area contributed by atoms with Gasteiger partial charge in [-0.05, 0) is 121 Å². The maximum Gasteiger partial charge on any atom is 0.254 e. The van der Waals surface area contributed by atoms with Crippen LogP contribution in [0.15, 0.2) is 24.3 Å². The lowest BCUT2D eigenvalue weighted by Crippen LogP contribution is -2.25. The highest BCUT2D eigenvalue weighted by Crippen LogP contribution is 2.44. The lowest BCUT2D eigenvalue weighted by molar-refractivity contribution is 0.0751. The third-order valence-electron chi connectivity index (χ3n) is 7.85. The van der Waals surface area contributed by atoms with Gasteiger partial charge in [-0.25, -0.2) is 8.78 Å². The highest BCUT2D eigenvalue weighted by Gasteiger charge is 2.31. The molecule has 0 atom stereocenters. The van der Waals surface area contributed by atoms with Crippen LogP contribution >= 0.6 is 0 Å². The van der Waals surface area contributed by atoms with Crippen molar-refractivity contribution in [2.45, 2.75) is 67.0 Å². The molecule has 2 heterocycles. The van der Waals surface area contributed by atoms with E-state index in [0.717, 1.165) is 52.6 Å². The Balaban J connectivity index is 1.61. The monoisotopic (exact) mass is 475 g/mol. The van der Waals surface area contributed by atoms with Gasteiger partial charge in [0.2, 0.25) is 0 Å². The topological polar surface area (TPSA) is 29.5 Å². The first-order valence-electron chi connectivity index (χ1n) is 12.4. The number of aryl methyl sites for hydroxylation is 1. The van der Waals surface area contributed by atoms with Crippen molar-refractivity contribution in [2.24, 2.45) is 0 Å². The Morgan fingerprint density at radius 2 is 1.66 bits per heavy atom. The molecular formula is C30H31F2NO2. The van der Waals surface area contributed by atoms with Crippen LogP contribution in [-0.4, -0.2) is 17.4 Å². The molecule has 3 aromatic rings. The van der Waals surface area contributed by atoms with E-state index < -0.39 is 0 Å². The van der Waals surface area contributed by atoms with E-state index in [1.54, 1.807) is 25.1 Å². The molecule has 0 N–H and O–H groups in total. The Kier molecular flexibility index (Phi) is 5.90. The summed E-state index contributed by atoms with van der Waals surface area (Å²) in [6.07, 6.45) is 2.52. The van der Waals surface area contributed by atoms with Crippen LogP contribution in [0.5, 0.6) is 5.75 Å². The van der Waals surface area contributed by atoms with Crippen LogP contribution < -0.4 is 4.74 Å². The summed E-state index contributed by atoms with van der Waals surface area (Å²) in [5.41, 5.74) is 10.8. The lowest BCUT2D eigenvalue weighted by atomic mass is 9.82. The van der Waals surface area contributed by atoms with Gasteiger partial charge in [-0.2, -0.15) is 0 Å². The number of carbonyl (C=O) groups excluding carboxylic acids is 1. The fraction of sp³-hybridized carbons (Fsp3) is 0.367. The van der Waals surface area contributed by atoms with Gasteiger partial charge >= 0.3 is 0 Å². The molecule has 2 aliphatic rings. The summed E-state index contributed by atoms with van der Waals surface area (Å²) < 4.78 is 34.6. The summed E-state index contributed by atoms with van der Waals surface area (Å²) in [7, 11) is 0. The Labute approximate surface area is 205 Å². The van der Waals surface area contributed by atoms with E-state index in [1.165, 1.54) is 22.8 Å². The van der Waals surface area contributed by atoms with Gasteiger partial charge in [0.05, 0.1) is 6.61 Å². The van der Waals surface area contributed by atoms with Crippen molar-refractivity contribution in [3.05, 3.63) is 86.0 Å². The SMILES string of the molecule is CCc1c(C)c2c(c(C)c1-c1cc(F)c3c(c1C)CCCO3)CN(C(=O)c1ccc(F)c(C)c1)C2. The third-order valence-corrected chi connectivity index (χ3v) is 7.85. The van der Waals surface area contributed by atoms with Crippen LogP contribution in [-0.2, 0) is 25.9 Å². The smallest absolute Gasteiger partial charge is 0.254 e. The summed E-state index contributed by atoms with van der Waals surface area (Å²) >= 11 is 0. The van der Waals surface area contributed by atoms with Crippen molar-refractivity contribution < 1.29 is 18.3 Å². The quantitative estimate of drug-likeness (QED) is 0.412. The zero-order valence-corrected chi connectivity index (χ0v) is 21.1. The molecule has 0 aliphatic carbocycles. The van der Waals surface area contributed by atoms with Gasteiger partial charge in [0.1, 0.15) is 5.82 Å². The molecule has 1 amide bonds. The first-order chi connectivity index (χ1) is 16.7. The minimum absolute atomic E-state index is 0.101. The van der Waals surface area contributed by atoms with Crippen LogP contribution in [0.3, 0.4) is 0 Å². The first kappa shape index (κ1) is 23.5. The third kappa shape index (κ3) is 3.72. The van der Waals surface area contributed by atoms with Gasteiger partial charge in [0, 0.05) is 24.2 Å². The van der Waals surface area contributed by atoms with E-state index in [2.05, 4.69) is 27.7 Å². The predicted octanol–water partition coefficient (Wildman–Crippen LogP) is 6.91. The summed E-state index contributed by atoms with van der Waals surface area (Å²) in [6.45, 7) is 11.6. The molecule has 182 valence electrons. The number of fused-ring (bicyclic) bond motifs is 2. The number of ether oxygens (including phenoxy) is 1. The van der Waals surface area contributed by atoms with Crippen molar-refractivity contribution in [3.63, 3.8) is 0 Å². The molecule has 0 spiro atoms. The highest BCUT2D eigenvalue weighted by atomic mass is 19.1. The number of rotatable bonds is 3. The molecule has 5 heteroatoms. The maximum atomic E-state index is 15.2. The van der Waals surface area contributed by atoms with E-state index in [4.69, 9.17) is 4.74 Å². The fourth-order valence-corrected chi connectivity index (χ4v) is 5.89. The summed E-state index contributed by atoms with van der Waals surface area (Å²) in [6, 6.07) is 6.15. The van der Waals surface area contributed by atoms with Gasteiger partial charge in [-0.3, -0.25) is 4.79 Å². The molecule has 5 rings (SSSR count). The fourth-order valence-electron chi connectivity index (χ4n) is 5.89. The lowest BCUT2D eigenvalue weighted by Gasteiger charge is -2.25. The average molecular weight is 476 g/mol. The van der Waals surface area contributed by atoms with Gasteiger partial charge in [0.25, 0.3) is 5.91 Å². The molecule has 0 aromatic heterocycles. The largest absolute Gasteiger partial charge is 0.490 e. The second-order valence-electron chi connectivity index (χ2n) is 9.83. The van der Waals surface area contributed by atoms with Crippen molar-refractivity contribution >= 4 is 5.91 Å². The predicted molar refractivity (Wildman–Crippen MR) is 134 cm³/mol. The molecule has 0 bridgehead atoms. The van der Waals surface area contributed by atoms with Crippen molar-refractivity contribution in [1.29, 1.82) is 0 Å². The van der Waals surface area contributed by atoms with E-state index in [9.17, 15) is 9.18 Å². The Morgan fingerprint density at radius 1 is 0.943 bits per heavy atom. The second kappa shape index (κ2) is 8.78. The van der Waals surface area contributed by atoms with Crippen LogP contribution in [0.4, 0.5) is 8.78 Å². The molecule has 3 nitrogen and oxygen atoms in total. The van der Waals surface area contributed by atoms with Crippen molar-refractivity contribution in [3.8, 4) is 16.9 Å². The van der Waals surface area contributed by atoms with Crippen LogP contribution in [0.2, 0.25) is 0 Å². The number of carbonyl (C=O) groups is 1. The minimum Gasteiger partial charge on any atom is -0.490 e. The molecule has 0 saturated heterocycles. The van der Waals surface area contributed by atoms with Crippen LogP contribution in [0.1, 0.15) is 68.2 Å². The number of hydrogen-bond donors (Lipinski definition) is 0. The van der Waals surface area contributed by atoms with Crippen LogP contribution in [0, 0.1) is 39.3 Å².